The Morgan fingerprint density at radius 2 is 2.21 bits per heavy atom. The molecule has 0 saturated heterocycles. The lowest BCUT2D eigenvalue weighted by Gasteiger charge is -2.23. The third-order valence-corrected chi connectivity index (χ3v) is 3.86. The van der Waals surface area contributed by atoms with Gasteiger partial charge in [-0.25, -0.2) is 9.78 Å². The second-order valence-corrected chi connectivity index (χ2v) is 6.32. The largest absolute Gasteiger partial charge is 0.394 e. The second kappa shape index (κ2) is 7.45. The Labute approximate surface area is 118 Å². The molecular formula is C13H23N3O2S. The van der Waals surface area contributed by atoms with Crippen molar-refractivity contribution in [3.63, 3.8) is 0 Å². The number of hydrogen-bond acceptors (Lipinski definition) is 4. The summed E-state index contributed by atoms with van der Waals surface area (Å²) in [4.78, 5) is 18.7. The molecule has 2 N–H and O–H groups in total. The van der Waals surface area contributed by atoms with Gasteiger partial charge in [0.2, 0.25) is 0 Å². The van der Waals surface area contributed by atoms with Crippen molar-refractivity contribution in [2.24, 2.45) is 5.92 Å². The first kappa shape index (κ1) is 15.9. The van der Waals surface area contributed by atoms with Gasteiger partial charge < -0.3 is 15.3 Å². The van der Waals surface area contributed by atoms with Crippen molar-refractivity contribution in [3.8, 4) is 0 Å². The van der Waals surface area contributed by atoms with E-state index >= 15 is 0 Å². The molecule has 1 heterocycles. The maximum atomic E-state index is 11.8. The van der Waals surface area contributed by atoms with Crippen LogP contribution in [0.4, 0.5) is 4.79 Å². The number of urea groups is 1. The number of rotatable bonds is 6. The van der Waals surface area contributed by atoms with Crippen LogP contribution in [0.15, 0.2) is 6.20 Å². The third kappa shape index (κ3) is 5.16. The quantitative estimate of drug-likeness (QED) is 0.838. The first-order valence-corrected chi connectivity index (χ1v) is 7.30. The van der Waals surface area contributed by atoms with E-state index in [1.807, 2.05) is 6.20 Å². The molecule has 1 aromatic rings. The zero-order valence-electron chi connectivity index (χ0n) is 12.0. The van der Waals surface area contributed by atoms with Crippen LogP contribution in [0.2, 0.25) is 0 Å². The SMILES string of the molecule is CC(C)Cc1ncc(CNC(=O)N(C)C(C)CO)s1. The lowest BCUT2D eigenvalue weighted by Crippen LogP contribution is -2.43. The van der Waals surface area contributed by atoms with Crippen LogP contribution in [-0.4, -0.2) is 40.7 Å². The average Bonchev–Trinajstić information content (AvgIpc) is 2.80. The molecule has 2 amide bonds. The number of aliphatic hydroxyl groups is 1. The minimum atomic E-state index is -0.182. The summed E-state index contributed by atoms with van der Waals surface area (Å²) in [5, 5.41) is 12.9. The Morgan fingerprint density at radius 3 is 2.79 bits per heavy atom. The van der Waals surface area contributed by atoms with Crippen LogP contribution >= 0.6 is 11.3 Å². The molecule has 0 radical (unpaired) electrons. The van der Waals surface area contributed by atoms with Gasteiger partial charge in [0.1, 0.15) is 0 Å². The van der Waals surface area contributed by atoms with Gasteiger partial charge in [-0.1, -0.05) is 13.8 Å². The predicted molar refractivity (Wildman–Crippen MR) is 77.2 cm³/mol. The number of carbonyl (C=O) groups is 1. The Hall–Kier alpha value is -1.14. The fraction of sp³-hybridized carbons (Fsp3) is 0.692. The van der Waals surface area contributed by atoms with Crippen molar-refractivity contribution in [3.05, 3.63) is 16.1 Å². The summed E-state index contributed by atoms with van der Waals surface area (Å²) in [7, 11) is 1.67. The van der Waals surface area contributed by atoms with E-state index in [4.69, 9.17) is 5.11 Å². The molecular weight excluding hydrogens is 262 g/mol. The lowest BCUT2D eigenvalue weighted by molar-refractivity contribution is 0.157. The Kier molecular flexibility index (Phi) is 6.24. The molecule has 0 fully saturated rings. The van der Waals surface area contributed by atoms with Gasteiger partial charge in [-0.3, -0.25) is 0 Å². The molecule has 0 aliphatic heterocycles. The summed E-state index contributed by atoms with van der Waals surface area (Å²) in [6, 6.07) is -0.363. The van der Waals surface area contributed by atoms with Gasteiger partial charge in [0.15, 0.2) is 0 Å². The van der Waals surface area contributed by atoms with Crippen molar-refractivity contribution < 1.29 is 9.90 Å². The normalized spacial score (nSPS) is 12.5. The van der Waals surface area contributed by atoms with Crippen LogP contribution < -0.4 is 5.32 Å². The summed E-state index contributed by atoms with van der Waals surface area (Å²) < 4.78 is 0. The smallest absolute Gasteiger partial charge is 0.317 e. The van der Waals surface area contributed by atoms with E-state index in [2.05, 4.69) is 24.1 Å². The fourth-order valence-corrected chi connectivity index (χ4v) is 2.56. The van der Waals surface area contributed by atoms with E-state index in [9.17, 15) is 4.79 Å². The highest BCUT2D eigenvalue weighted by Crippen LogP contribution is 2.16. The number of nitrogens with zero attached hydrogens (tertiary/aromatic N) is 2. The van der Waals surface area contributed by atoms with Crippen LogP contribution in [0.5, 0.6) is 0 Å². The zero-order chi connectivity index (χ0) is 14.4. The molecule has 1 rings (SSSR count). The van der Waals surface area contributed by atoms with E-state index in [1.54, 1.807) is 25.3 Å². The summed E-state index contributed by atoms with van der Waals surface area (Å²) in [5.74, 6) is 0.588. The fourth-order valence-electron chi connectivity index (χ4n) is 1.48. The average molecular weight is 285 g/mol. The van der Waals surface area contributed by atoms with E-state index in [-0.39, 0.29) is 18.7 Å². The molecule has 108 valence electrons. The number of aromatic nitrogens is 1. The molecule has 0 aromatic carbocycles. The minimum Gasteiger partial charge on any atom is -0.394 e. The summed E-state index contributed by atoms with van der Waals surface area (Å²) in [6.07, 6.45) is 2.79. The molecule has 0 spiro atoms. The van der Waals surface area contributed by atoms with Crippen LogP contribution in [0, 0.1) is 5.92 Å². The molecule has 0 saturated carbocycles. The summed E-state index contributed by atoms with van der Waals surface area (Å²) >= 11 is 1.64. The molecule has 0 aliphatic carbocycles. The second-order valence-electron chi connectivity index (χ2n) is 5.12. The molecule has 1 unspecified atom stereocenters. The van der Waals surface area contributed by atoms with Crippen molar-refractivity contribution in [2.45, 2.75) is 39.8 Å². The molecule has 5 nitrogen and oxygen atoms in total. The molecule has 0 aliphatic rings. The highest BCUT2D eigenvalue weighted by atomic mass is 32.1. The summed E-state index contributed by atoms with van der Waals surface area (Å²) in [6.45, 7) is 6.56. The Balaban J connectivity index is 2.44. The van der Waals surface area contributed by atoms with Gasteiger partial charge in [-0.2, -0.15) is 0 Å². The van der Waals surface area contributed by atoms with Gasteiger partial charge in [0.25, 0.3) is 0 Å². The zero-order valence-corrected chi connectivity index (χ0v) is 12.8. The minimum absolute atomic E-state index is 0.0387. The Morgan fingerprint density at radius 1 is 1.53 bits per heavy atom. The maximum absolute atomic E-state index is 11.8. The molecule has 6 heteroatoms. The van der Waals surface area contributed by atoms with Crippen LogP contribution in [-0.2, 0) is 13.0 Å². The summed E-state index contributed by atoms with van der Waals surface area (Å²) in [5.41, 5.74) is 0. The van der Waals surface area contributed by atoms with E-state index in [1.165, 1.54) is 4.90 Å². The molecule has 1 atom stereocenters. The van der Waals surface area contributed by atoms with Crippen molar-refractivity contribution in [1.82, 2.24) is 15.2 Å². The number of thiazole rings is 1. The van der Waals surface area contributed by atoms with Gasteiger partial charge in [0.05, 0.1) is 24.2 Å². The number of hydrogen-bond donors (Lipinski definition) is 2. The van der Waals surface area contributed by atoms with Crippen molar-refractivity contribution in [1.29, 1.82) is 0 Å². The topological polar surface area (TPSA) is 65.5 Å². The monoisotopic (exact) mass is 285 g/mol. The third-order valence-electron chi connectivity index (χ3n) is 2.84. The number of aliphatic hydroxyl groups excluding tert-OH is 1. The van der Waals surface area contributed by atoms with Crippen molar-refractivity contribution >= 4 is 17.4 Å². The standard InChI is InChI=1S/C13H23N3O2S/c1-9(2)5-12-14-6-11(19-12)7-15-13(18)16(4)10(3)8-17/h6,9-10,17H,5,7-8H2,1-4H3,(H,15,18). The maximum Gasteiger partial charge on any atom is 0.317 e. The number of likely N-dealkylation sites (N-methyl/N-ethyl adjacent to an activating group) is 1. The number of amides is 2. The Bertz CT molecular complexity index is 406. The lowest BCUT2D eigenvalue weighted by atomic mass is 10.1. The first-order valence-electron chi connectivity index (χ1n) is 6.49. The van der Waals surface area contributed by atoms with Crippen molar-refractivity contribution in [2.75, 3.05) is 13.7 Å². The molecule has 0 bridgehead atoms. The number of carbonyl (C=O) groups excluding carboxylic acids is 1. The highest BCUT2D eigenvalue weighted by Gasteiger charge is 2.14. The van der Waals surface area contributed by atoms with Crippen LogP contribution in [0.25, 0.3) is 0 Å². The first-order chi connectivity index (χ1) is 8.93. The van der Waals surface area contributed by atoms with Gasteiger partial charge in [-0.15, -0.1) is 11.3 Å². The number of nitrogens with one attached hydrogen (secondary N) is 1. The highest BCUT2D eigenvalue weighted by molar-refractivity contribution is 7.11. The molecule has 1 aromatic heterocycles. The predicted octanol–water partition coefficient (Wildman–Crippen LogP) is 1.86. The van der Waals surface area contributed by atoms with E-state index in [0.29, 0.717) is 12.5 Å². The molecule has 19 heavy (non-hydrogen) atoms. The van der Waals surface area contributed by atoms with E-state index < -0.39 is 0 Å². The van der Waals surface area contributed by atoms with Crippen LogP contribution in [0.1, 0.15) is 30.7 Å². The van der Waals surface area contributed by atoms with Gasteiger partial charge in [-0.05, 0) is 12.8 Å². The van der Waals surface area contributed by atoms with Crippen LogP contribution in [0.3, 0.4) is 0 Å². The van der Waals surface area contributed by atoms with E-state index in [0.717, 1.165) is 16.3 Å². The van der Waals surface area contributed by atoms with Gasteiger partial charge >= 0.3 is 6.03 Å². The van der Waals surface area contributed by atoms with Gasteiger partial charge in [0, 0.05) is 24.5 Å².